The second-order valence-electron chi connectivity index (χ2n) is 3.73. The van der Waals surface area contributed by atoms with Crippen molar-refractivity contribution >= 4 is 11.0 Å². The van der Waals surface area contributed by atoms with Gasteiger partial charge in [-0.3, -0.25) is 0 Å². The van der Waals surface area contributed by atoms with Crippen LogP contribution in [0.2, 0.25) is 0 Å². The molecule has 0 saturated carbocycles. The van der Waals surface area contributed by atoms with Crippen LogP contribution < -0.4 is 5.73 Å². The molecule has 80 valence electrons. The van der Waals surface area contributed by atoms with Crippen molar-refractivity contribution in [3.05, 3.63) is 35.8 Å². The molecule has 1 heterocycles. The second-order valence-corrected chi connectivity index (χ2v) is 3.73. The van der Waals surface area contributed by atoms with E-state index in [1.165, 1.54) is 12.1 Å². The van der Waals surface area contributed by atoms with Crippen LogP contribution in [0, 0.1) is 5.82 Å². The van der Waals surface area contributed by atoms with Gasteiger partial charge in [0.05, 0.1) is 6.04 Å². The zero-order valence-electron chi connectivity index (χ0n) is 8.66. The van der Waals surface area contributed by atoms with E-state index in [-0.39, 0.29) is 11.9 Å². The lowest BCUT2D eigenvalue weighted by molar-refractivity contribution is 0.474. The van der Waals surface area contributed by atoms with Crippen molar-refractivity contribution in [2.75, 3.05) is 0 Å². The molecule has 0 fully saturated rings. The van der Waals surface area contributed by atoms with Crippen LogP contribution in [-0.2, 0) is 0 Å². The van der Waals surface area contributed by atoms with Crippen molar-refractivity contribution < 1.29 is 8.81 Å². The van der Waals surface area contributed by atoms with Crippen LogP contribution in [0.15, 0.2) is 28.7 Å². The first-order valence-corrected chi connectivity index (χ1v) is 5.15. The monoisotopic (exact) mass is 207 g/mol. The number of fused-ring (bicyclic) bond motifs is 1. The summed E-state index contributed by atoms with van der Waals surface area (Å²) < 4.78 is 18.4. The maximum atomic E-state index is 12.9. The van der Waals surface area contributed by atoms with E-state index in [1.807, 2.05) is 6.07 Å². The Balaban J connectivity index is 2.38. The van der Waals surface area contributed by atoms with E-state index >= 15 is 0 Å². The Labute approximate surface area is 87.9 Å². The Kier molecular flexibility index (Phi) is 2.73. The van der Waals surface area contributed by atoms with Crippen molar-refractivity contribution in [2.45, 2.75) is 25.8 Å². The van der Waals surface area contributed by atoms with Crippen molar-refractivity contribution in [1.29, 1.82) is 0 Å². The van der Waals surface area contributed by atoms with Crippen molar-refractivity contribution in [3.8, 4) is 0 Å². The van der Waals surface area contributed by atoms with E-state index in [2.05, 4.69) is 6.92 Å². The summed E-state index contributed by atoms with van der Waals surface area (Å²) in [6, 6.07) is 6.31. The number of halogens is 1. The molecular weight excluding hydrogens is 193 g/mol. The summed E-state index contributed by atoms with van der Waals surface area (Å²) in [6.07, 6.45) is 1.88. The van der Waals surface area contributed by atoms with Crippen LogP contribution in [0.4, 0.5) is 4.39 Å². The van der Waals surface area contributed by atoms with Gasteiger partial charge in [-0.2, -0.15) is 0 Å². The van der Waals surface area contributed by atoms with Gasteiger partial charge in [-0.05, 0) is 24.6 Å². The predicted octanol–water partition coefficient (Wildman–Crippen LogP) is 3.37. The summed E-state index contributed by atoms with van der Waals surface area (Å²) >= 11 is 0. The maximum absolute atomic E-state index is 12.9. The molecule has 15 heavy (non-hydrogen) atoms. The summed E-state index contributed by atoms with van der Waals surface area (Å²) in [6.45, 7) is 2.07. The number of benzene rings is 1. The summed E-state index contributed by atoms with van der Waals surface area (Å²) in [7, 11) is 0. The summed E-state index contributed by atoms with van der Waals surface area (Å²) in [5.41, 5.74) is 6.49. The fourth-order valence-electron chi connectivity index (χ4n) is 1.66. The molecule has 1 aromatic heterocycles. The van der Waals surface area contributed by atoms with Crippen LogP contribution in [0.25, 0.3) is 11.0 Å². The van der Waals surface area contributed by atoms with Gasteiger partial charge in [-0.1, -0.05) is 13.3 Å². The fraction of sp³-hybridized carbons (Fsp3) is 0.333. The lowest BCUT2D eigenvalue weighted by Gasteiger charge is -2.04. The van der Waals surface area contributed by atoms with E-state index in [4.69, 9.17) is 10.2 Å². The lowest BCUT2D eigenvalue weighted by atomic mass is 10.1. The normalized spacial score (nSPS) is 13.3. The third-order valence-corrected chi connectivity index (χ3v) is 2.47. The molecule has 0 bridgehead atoms. The van der Waals surface area contributed by atoms with Gasteiger partial charge in [-0.25, -0.2) is 4.39 Å². The van der Waals surface area contributed by atoms with E-state index in [0.29, 0.717) is 5.58 Å². The largest absolute Gasteiger partial charge is 0.459 e. The molecule has 1 atom stereocenters. The number of furan rings is 1. The maximum Gasteiger partial charge on any atom is 0.137 e. The smallest absolute Gasteiger partial charge is 0.137 e. The number of rotatable bonds is 3. The Morgan fingerprint density at radius 3 is 2.93 bits per heavy atom. The standard InChI is InChI=1S/C12H14FNO/c1-2-3-10(14)12-6-8-4-5-9(13)7-11(8)15-12/h4-7,10H,2-3,14H2,1H3. The van der Waals surface area contributed by atoms with E-state index in [9.17, 15) is 4.39 Å². The zero-order valence-corrected chi connectivity index (χ0v) is 8.66. The highest BCUT2D eigenvalue weighted by Gasteiger charge is 2.11. The molecule has 3 heteroatoms. The second kappa shape index (κ2) is 4.03. The third kappa shape index (κ3) is 2.02. The molecule has 2 aromatic rings. The van der Waals surface area contributed by atoms with Gasteiger partial charge in [-0.15, -0.1) is 0 Å². The Morgan fingerprint density at radius 1 is 1.40 bits per heavy atom. The molecule has 0 aliphatic carbocycles. The quantitative estimate of drug-likeness (QED) is 0.838. The average molecular weight is 207 g/mol. The summed E-state index contributed by atoms with van der Waals surface area (Å²) in [5.74, 6) is 0.449. The van der Waals surface area contributed by atoms with Gasteiger partial charge in [0.1, 0.15) is 17.2 Å². The molecule has 0 aliphatic heterocycles. The fourth-order valence-corrected chi connectivity index (χ4v) is 1.66. The molecule has 0 radical (unpaired) electrons. The first kappa shape index (κ1) is 10.2. The van der Waals surface area contributed by atoms with Gasteiger partial charge in [0.25, 0.3) is 0 Å². The minimum Gasteiger partial charge on any atom is -0.459 e. The van der Waals surface area contributed by atoms with E-state index < -0.39 is 0 Å². The topological polar surface area (TPSA) is 39.2 Å². The van der Waals surface area contributed by atoms with Crippen LogP contribution in [0.1, 0.15) is 31.6 Å². The molecule has 1 aromatic carbocycles. The first-order chi connectivity index (χ1) is 7.20. The minimum atomic E-state index is -0.285. The number of nitrogens with two attached hydrogens (primary N) is 1. The molecule has 0 amide bonds. The lowest BCUT2D eigenvalue weighted by Crippen LogP contribution is -2.08. The van der Waals surface area contributed by atoms with Crippen molar-refractivity contribution in [1.82, 2.24) is 0 Å². The van der Waals surface area contributed by atoms with Gasteiger partial charge >= 0.3 is 0 Å². The first-order valence-electron chi connectivity index (χ1n) is 5.15. The van der Waals surface area contributed by atoms with Crippen molar-refractivity contribution in [3.63, 3.8) is 0 Å². The molecular formula is C12H14FNO. The molecule has 0 saturated heterocycles. The Hall–Kier alpha value is -1.35. The predicted molar refractivity (Wildman–Crippen MR) is 58.0 cm³/mol. The third-order valence-electron chi connectivity index (χ3n) is 2.47. The molecule has 0 spiro atoms. The Bertz CT molecular complexity index is 464. The van der Waals surface area contributed by atoms with Crippen LogP contribution in [-0.4, -0.2) is 0 Å². The van der Waals surface area contributed by atoms with E-state index in [0.717, 1.165) is 24.0 Å². The SMILES string of the molecule is CCCC(N)c1cc2ccc(F)cc2o1. The van der Waals surface area contributed by atoms with Gasteiger partial charge < -0.3 is 10.2 Å². The van der Waals surface area contributed by atoms with Crippen LogP contribution in [0.5, 0.6) is 0 Å². The highest BCUT2D eigenvalue weighted by atomic mass is 19.1. The molecule has 2 rings (SSSR count). The zero-order chi connectivity index (χ0) is 10.8. The minimum absolute atomic E-state index is 0.0922. The van der Waals surface area contributed by atoms with Crippen LogP contribution >= 0.6 is 0 Å². The highest BCUT2D eigenvalue weighted by molar-refractivity contribution is 5.77. The molecule has 1 unspecified atom stereocenters. The van der Waals surface area contributed by atoms with Gasteiger partial charge in [0.2, 0.25) is 0 Å². The Morgan fingerprint density at radius 2 is 2.20 bits per heavy atom. The average Bonchev–Trinajstić information content (AvgIpc) is 2.60. The van der Waals surface area contributed by atoms with E-state index in [1.54, 1.807) is 6.07 Å². The highest BCUT2D eigenvalue weighted by Crippen LogP contribution is 2.25. The van der Waals surface area contributed by atoms with Crippen LogP contribution in [0.3, 0.4) is 0 Å². The van der Waals surface area contributed by atoms with Gasteiger partial charge in [0, 0.05) is 11.5 Å². The molecule has 2 nitrogen and oxygen atoms in total. The molecule has 2 N–H and O–H groups in total. The summed E-state index contributed by atoms with van der Waals surface area (Å²) in [4.78, 5) is 0. The number of hydrogen-bond acceptors (Lipinski definition) is 2. The molecule has 0 aliphatic rings. The number of hydrogen-bond donors (Lipinski definition) is 1. The van der Waals surface area contributed by atoms with Gasteiger partial charge in [0.15, 0.2) is 0 Å². The summed E-state index contributed by atoms with van der Waals surface area (Å²) in [5, 5.41) is 0.901. The van der Waals surface area contributed by atoms with Crippen molar-refractivity contribution in [2.24, 2.45) is 5.73 Å².